The van der Waals surface area contributed by atoms with Crippen LogP contribution < -0.4 is 9.62 Å². The summed E-state index contributed by atoms with van der Waals surface area (Å²) in [5, 5.41) is 2.93. The third kappa shape index (κ3) is 7.92. The van der Waals surface area contributed by atoms with Crippen molar-refractivity contribution in [3.8, 4) is 0 Å². The number of amides is 2. The second-order valence-corrected chi connectivity index (χ2v) is 13.5. The quantitative estimate of drug-likeness (QED) is 0.341. The predicted molar refractivity (Wildman–Crippen MR) is 159 cm³/mol. The van der Waals surface area contributed by atoms with E-state index in [0.717, 1.165) is 25.5 Å². The van der Waals surface area contributed by atoms with Crippen LogP contribution in [-0.4, -0.2) is 43.3 Å². The van der Waals surface area contributed by atoms with Crippen LogP contribution in [-0.2, 0) is 26.2 Å². The molecule has 208 valence electrons. The lowest BCUT2D eigenvalue weighted by Crippen LogP contribution is -2.54. The summed E-state index contributed by atoms with van der Waals surface area (Å²) in [6.07, 6.45) is 0. The van der Waals surface area contributed by atoms with Gasteiger partial charge in [-0.3, -0.25) is 13.9 Å². The molecule has 1 N–H and O–H groups in total. The van der Waals surface area contributed by atoms with Gasteiger partial charge in [-0.1, -0.05) is 64.0 Å². The fourth-order valence-corrected chi connectivity index (χ4v) is 6.15. The first-order chi connectivity index (χ1) is 18.2. The molecule has 0 bridgehead atoms. The van der Waals surface area contributed by atoms with Gasteiger partial charge in [0.15, 0.2) is 0 Å². The van der Waals surface area contributed by atoms with Crippen LogP contribution in [0.2, 0.25) is 0 Å². The third-order valence-electron chi connectivity index (χ3n) is 6.14. The predicted octanol–water partition coefficient (Wildman–Crippen LogP) is 5.59. The zero-order chi connectivity index (χ0) is 29.0. The lowest BCUT2D eigenvalue weighted by Gasteiger charge is -2.34. The van der Waals surface area contributed by atoms with Crippen LogP contribution in [0.4, 0.5) is 5.69 Å². The van der Waals surface area contributed by atoms with E-state index in [1.807, 2.05) is 71.0 Å². The van der Waals surface area contributed by atoms with E-state index in [1.54, 1.807) is 31.2 Å². The number of hydrogen-bond acceptors (Lipinski definition) is 4. The Kier molecular flexibility index (Phi) is 9.61. The number of aryl methyl sites for hydroxylation is 2. The first-order valence-electron chi connectivity index (χ1n) is 12.7. The minimum Gasteiger partial charge on any atom is -0.350 e. The maximum Gasteiger partial charge on any atom is 0.264 e. The molecule has 0 aliphatic carbocycles. The molecule has 7 nitrogen and oxygen atoms in total. The highest BCUT2D eigenvalue weighted by molar-refractivity contribution is 9.10. The van der Waals surface area contributed by atoms with Crippen LogP contribution >= 0.6 is 15.9 Å². The SMILES string of the molecule is Cc1ccc(N(CC(=O)N(Cc2cccc(Br)c2)C(C)C(=O)NC(C)(C)C)S(=O)(=O)c2ccccc2)c(C)c1. The number of carbonyl (C=O) groups excluding carboxylic acids is 2. The van der Waals surface area contributed by atoms with Gasteiger partial charge in [-0.2, -0.15) is 0 Å². The molecule has 0 fully saturated rings. The number of hydrogen-bond donors (Lipinski definition) is 1. The summed E-state index contributed by atoms with van der Waals surface area (Å²) in [5.41, 5.74) is 2.41. The molecule has 0 radical (unpaired) electrons. The van der Waals surface area contributed by atoms with Crippen LogP contribution in [0.5, 0.6) is 0 Å². The molecule has 0 heterocycles. The van der Waals surface area contributed by atoms with Crippen LogP contribution in [0.25, 0.3) is 0 Å². The van der Waals surface area contributed by atoms with Gasteiger partial charge in [0, 0.05) is 16.6 Å². The fraction of sp³-hybridized carbons (Fsp3) is 0.333. The second-order valence-electron chi connectivity index (χ2n) is 10.7. The fourth-order valence-electron chi connectivity index (χ4n) is 4.21. The highest BCUT2D eigenvalue weighted by atomic mass is 79.9. The Hall–Kier alpha value is -3.17. The highest BCUT2D eigenvalue weighted by Gasteiger charge is 2.33. The molecule has 3 aromatic rings. The number of anilines is 1. The van der Waals surface area contributed by atoms with Crippen molar-refractivity contribution in [1.29, 1.82) is 0 Å². The lowest BCUT2D eigenvalue weighted by atomic mass is 10.1. The Balaban J connectivity index is 2.06. The first-order valence-corrected chi connectivity index (χ1v) is 14.9. The summed E-state index contributed by atoms with van der Waals surface area (Å²) in [7, 11) is -4.09. The van der Waals surface area contributed by atoms with E-state index < -0.39 is 34.1 Å². The van der Waals surface area contributed by atoms with E-state index in [4.69, 9.17) is 0 Å². The Morgan fingerprint density at radius 3 is 2.21 bits per heavy atom. The van der Waals surface area contributed by atoms with E-state index in [1.165, 1.54) is 17.0 Å². The van der Waals surface area contributed by atoms with Gasteiger partial charge in [-0.05, 0) is 83.0 Å². The number of halogens is 1. The summed E-state index contributed by atoms with van der Waals surface area (Å²) < 4.78 is 29.8. The van der Waals surface area contributed by atoms with Gasteiger partial charge in [0.2, 0.25) is 11.8 Å². The summed E-state index contributed by atoms with van der Waals surface area (Å²) in [4.78, 5) is 28.7. The van der Waals surface area contributed by atoms with E-state index in [-0.39, 0.29) is 17.3 Å². The molecule has 0 aromatic heterocycles. The van der Waals surface area contributed by atoms with Crippen molar-refractivity contribution in [1.82, 2.24) is 10.2 Å². The number of carbonyl (C=O) groups is 2. The molecular formula is C30H36BrN3O4S. The Bertz CT molecular complexity index is 1440. The molecule has 39 heavy (non-hydrogen) atoms. The van der Waals surface area contributed by atoms with Crippen LogP contribution in [0.1, 0.15) is 44.4 Å². The smallest absolute Gasteiger partial charge is 0.264 e. The molecule has 2 amide bonds. The monoisotopic (exact) mass is 613 g/mol. The second kappa shape index (κ2) is 12.3. The maximum absolute atomic E-state index is 14.0. The standard InChI is InChI=1S/C30H36BrN3O4S/c1-21-15-16-27(22(2)17-21)34(39(37,38)26-13-8-7-9-14-26)20-28(35)33(19-24-11-10-12-25(31)18-24)23(3)29(36)32-30(4,5)6/h7-18,23H,19-20H2,1-6H3,(H,32,36). The Morgan fingerprint density at radius 2 is 1.62 bits per heavy atom. The number of nitrogens with zero attached hydrogens (tertiary/aromatic N) is 2. The van der Waals surface area contributed by atoms with E-state index in [9.17, 15) is 18.0 Å². The normalized spacial score (nSPS) is 12.5. The van der Waals surface area contributed by atoms with Gasteiger partial charge in [-0.15, -0.1) is 0 Å². The van der Waals surface area contributed by atoms with E-state index in [0.29, 0.717) is 5.69 Å². The van der Waals surface area contributed by atoms with Crippen molar-refractivity contribution in [3.05, 3.63) is 94.0 Å². The molecule has 0 saturated heterocycles. The molecule has 1 unspecified atom stereocenters. The van der Waals surface area contributed by atoms with Crippen LogP contribution in [0, 0.1) is 13.8 Å². The van der Waals surface area contributed by atoms with Gasteiger partial charge in [0.05, 0.1) is 10.6 Å². The van der Waals surface area contributed by atoms with E-state index >= 15 is 0 Å². The summed E-state index contributed by atoms with van der Waals surface area (Å²) >= 11 is 3.46. The number of benzene rings is 3. The topological polar surface area (TPSA) is 86.8 Å². The first kappa shape index (κ1) is 30.4. The Labute approximate surface area is 240 Å². The zero-order valence-electron chi connectivity index (χ0n) is 23.2. The van der Waals surface area contributed by atoms with Crippen LogP contribution in [0.3, 0.4) is 0 Å². The largest absolute Gasteiger partial charge is 0.350 e. The van der Waals surface area contributed by atoms with Crippen molar-refractivity contribution in [3.63, 3.8) is 0 Å². The molecule has 9 heteroatoms. The van der Waals surface area contributed by atoms with Gasteiger partial charge >= 0.3 is 0 Å². The van der Waals surface area contributed by atoms with Crippen molar-refractivity contribution < 1.29 is 18.0 Å². The Morgan fingerprint density at radius 1 is 0.949 bits per heavy atom. The molecule has 0 aliphatic rings. The molecular weight excluding hydrogens is 578 g/mol. The maximum atomic E-state index is 14.0. The van der Waals surface area contributed by atoms with Gasteiger partial charge in [-0.25, -0.2) is 8.42 Å². The van der Waals surface area contributed by atoms with Crippen molar-refractivity contribution in [2.75, 3.05) is 10.8 Å². The van der Waals surface area contributed by atoms with Gasteiger partial charge < -0.3 is 10.2 Å². The number of rotatable bonds is 9. The molecule has 3 rings (SSSR count). The summed E-state index contributed by atoms with van der Waals surface area (Å²) in [6.45, 7) is 10.7. The minimum atomic E-state index is -4.09. The van der Waals surface area contributed by atoms with Crippen molar-refractivity contribution >= 4 is 43.5 Å². The molecule has 0 spiro atoms. The highest BCUT2D eigenvalue weighted by Crippen LogP contribution is 2.28. The van der Waals surface area contributed by atoms with E-state index in [2.05, 4.69) is 21.2 Å². The number of nitrogens with one attached hydrogen (secondary N) is 1. The van der Waals surface area contributed by atoms with Crippen molar-refractivity contribution in [2.24, 2.45) is 0 Å². The van der Waals surface area contributed by atoms with Gasteiger partial charge in [0.25, 0.3) is 10.0 Å². The zero-order valence-corrected chi connectivity index (χ0v) is 25.6. The lowest BCUT2D eigenvalue weighted by molar-refractivity contribution is -0.140. The molecule has 0 saturated carbocycles. The summed E-state index contributed by atoms with van der Waals surface area (Å²) in [5.74, 6) is -0.819. The van der Waals surface area contributed by atoms with Crippen molar-refractivity contribution in [2.45, 2.75) is 64.6 Å². The average molecular weight is 615 g/mol. The number of sulfonamides is 1. The molecule has 3 aromatic carbocycles. The molecule has 0 aliphatic heterocycles. The molecule has 1 atom stereocenters. The summed E-state index contributed by atoms with van der Waals surface area (Å²) in [6, 6.07) is 20.1. The third-order valence-corrected chi connectivity index (χ3v) is 8.41. The average Bonchev–Trinajstić information content (AvgIpc) is 2.85. The van der Waals surface area contributed by atoms with Gasteiger partial charge in [0.1, 0.15) is 12.6 Å². The minimum absolute atomic E-state index is 0.0786. The van der Waals surface area contributed by atoms with Crippen LogP contribution in [0.15, 0.2) is 82.2 Å².